The third-order valence-corrected chi connectivity index (χ3v) is 7.00. The molecule has 0 unspecified atom stereocenters. The van der Waals surface area contributed by atoms with Gasteiger partial charge in [0.15, 0.2) is 23.1 Å². The second kappa shape index (κ2) is 17.2. The Kier molecular flexibility index (Phi) is 13.8. The van der Waals surface area contributed by atoms with Crippen LogP contribution in [0.2, 0.25) is 0 Å². The second-order valence-corrected chi connectivity index (χ2v) is 10.8. The number of hydrogen-bond acceptors (Lipinski definition) is 13. The number of halogens is 2. The molecule has 0 aliphatic rings. The number of hydrogen-bond donors (Lipinski definition) is 2. The van der Waals surface area contributed by atoms with Gasteiger partial charge in [-0.2, -0.15) is 13.5 Å². The van der Waals surface area contributed by atoms with Crippen LogP contribution in [0.1, 0.15) is 39.0 Å². The number of anilines is 1. The van der Waals surface area contributed by atoms with Crippen LogP contribution < -0.4 is 20.9 Å². The van der Waals surface area contributed by atoms with Crippen LogP contribution in [-0.4, -0.2) is 69.4 Å². The van der Waals surface area contributed by atoms with Crippen molar-refractivity contribution in [1.29, 1.82) is 0 Å². The zero-order chi connectivity index (χ0) is 36.2. The molecule has 4 N–H and O–H groups in total. The fourth-order valence-corrected chi connectivity index (χ4v) is 4.32. The summed E-state index contributed by atoms with van der Waals surface area (Å²) in [6.07, 6.45) is 1.39. The number of rotatable bonds is 8. The molecule has 0 bridgehead atoms. The number of aromatic nitrogens is 3. The molecular formula is C30H34F2N6O9S. The fourth-order valence-electron chi connectivity index (χ4n) is 3.55. The van der Waals surface area contributed by atoms with Crippen molar-refractivity contribution in [2.75, 3.05) is 34.2 Å². The maximum Gasteiger partial charge on any atom is 0.358 e. The van der Waals surface area contributed by atoms with Crippen LogP contribution in [0.25, 0.3) is 5.69 Å². The average molecular weight is 693 g/mol. The lowest BCUT2D eigenvalue weighted by atomic mass is 10.1. The Bertz CT molecular complexity index is 1880. The van der Waals surface area contributed by atoms with E-state index in [0.29, 0.717) is 5.82 Å². The molecule has 0 saturated heterocycles. The van der Waals surface area contributed by atoms with Gasteiger partial charge in [-0.1, -0.05) is 22.9 Å². The third kappa shape index (κ3) is 9.86. The summed E-state index contributed by atoms with van der Waals surface area (Å²) in [6, 6.07) is 11.9. The van der Waals surface area contributed by atoms with E-state index in [2.05, 4.69) is 29.0 Å². The summed E-state index contributed by atoms with van der Waals surface area (Å²) in [4.78, 5) is 26.8. The topological polar surface area (TPSA) is 210 Å². The Morgan fingerprint density at radius 2 is 1.35 bits per heavy atom. The van der Waals surface area contributed by atoms with Crippen LogP contribution in [0.15, 0.2) is 64.9 Å². The standard InChI is InChI=1S/C12H12FN3O3.C9H10FNO3.C9H12N2O3S/c1-7-14-6-16(15-7)8-4-5-9(18-2)11(13)10(8)12(17)19-3;1-13-6-4-3-5(11)7(8(6)10)9(12)14-2;1-7-3-5-9(6-4-7)15(12,13)14-11-8(2)10/h4-6H,1-3H3;3-4H,11H2,1-2H3;3-6H,1-2H3,(H2,10,11). The molecule has 0 radical (unpaired) electrons. The van der Waals surface area contributed by atoms with Crippen molar-refractivity contribution in [2.24, 2.45) is 10.9 Å². The summed E-state index contributed by atoms with van der Waals surface area (Å²) >= 11 is 0. The highest BCUT2D eigenvalue weighted by Crippen LogP contribution is 2.27. The van der Waals surface area contributed by atoms with Gasteiger partial charge in [0.25, 0.3) is 0 Å². The SMILES string of the molecule is C/C(N)=N/OS(=O)(=O)c1ccc(C)cc1.COC(=O)c1c(-n2cnc(C)n2)ccc(OC)c1F.COC(=O)c1c(N)ccc(OC)c1F. The second-order valence-electron chi connectivity index (χ2n) is 9.32. The van der Waals surface area contributed by atoms with Gasteiger partial charge < -0.3 is 30.4 Å². The first kappa shape index (κ1) is 38.4. The summed E-state index contributed by atoms with van der Waals surface area (Å²) in [5, 5.41) is 7.25. The molecule has 15 nitrogen and oxygen atoms in total. The van der Waals surface area contributed by atoms with Gasteiger partial charge >= 0.3 is 22.1 Å². The Morgan fingerprint density at radius 3 is 1.83 bits per heavy atom. The molecule has 48 heavy (non-hydrogen) atoms. The third-order valence-electron chi connectivity index (χ3n) is 5.88. The highest BCUT2D eigenvalue weighted by molar-refractivity contribution is 7.86. The molecule has 18 heteroatoms. The number of methoxy groups -OCH3 is 4. The lowest BCUT2D eigenvalue weighted by Crippen LogP contribution is -2.12. The van der Waals surface area contributed by atoms with E-state index < -0.39 is 33.7 Å². The Morgan fingerprint density at radius 1 is 0.833 bits per heavy atom. The summed E-state index contributed by atoms with van der Waals surface area (Å²) in [5.74, 6) is -2.75. The number of esters is 2. The van der Waals surface area contributed by atoms with E-state index in [-0.39, 0.29) is 44.7 Å². The van der Waals surface area contributed by atoms with Crippen molar-refractivity contribution in [2.45, 2.75) is 25.7 Å². The highest BCUT2D eigenvalue weighted by atomic mass is 32.2. The number of benzene rings is 3. The summed E-state index contributed by atoms with van der Waals surface area (Å²) in [7, 11) is 1.11. The number of nitrogens with zero attached hydrogens (tertiary/aromatic N) is 4. The summed E-state index contributed by atoms with van der Waals surface area (Å²) < 4.78 is 74.7. The largest absolute Gasteiger partial charge is 0.494 e. The molecule has 0 spiro atoms. The molecule has 0 saturated carbocycles. The van der Waals surface area contributed by atoms with Crippen molar-refractivity contribution in [3.63, 3.8) is 0 Å². The first-order valence-corrected chi connectivity index (χ1v) is 14.9. The number of oxime groups is 1. The molecule has 0 atom stereocenters. The minimum Gasteiger partial charge on any atom is -0.494 e. The van der Waals surface area contributed by atoms with Crippen molar-refractivity contribution < 1.29 is 50.0 Å². The molecule has 258 valence electrons. The van der Waals surface area contributed by atoms with Crippen LogP contribution >= 0.6 is 0 Å². The van der Waals surface area contributed by atoms with E-state index in [0.717, 1.165) is 12.7 Å². The average Bonchev–Trinajstić information content (AvgIpc) is 3.50. The van der Waals surface area contributed by atoms with E-state index in [4.69, 9.17) is 20.9 Å². The fraction of sp³-hybridized carbons (Fsp3) is 0.233. The Balaban J connectivity index is 0.000000254. The number of nitrogens with two attached hydrogens (primary N) is 2. The van der Waals surface area contributed by atoms with Crippen LogP contribution in [0.3, 0.4) is 0 Å². The van der Waals surface area contributed by atoms with Gasteiger partial charge in [-0.3, -0.25) is 4.28 Å². The minimum atomic E-state index is -3.84. The van der Waals surface area contributed by atoms with Crippen molar-refractivity contribution in [1.82, 2.24) is 14.8 Å². The molecule has 1 aromatic heterocycles. The number of nitrogen functional groups attached to an aromatic ring is 1. The minimum absolute atomic E-state index is 0.0233. The lowest BCUT2D eigenvalue weighted by molar-refractivity contribution is 0.0586. The summed E-state index contributed by atoms with van der Waals surface area (Å²) in [6.45, 7) is 4.98. The maximum absolute atomic E-state index is 14.2. The van der Waals surface area contributed by atoms with Crippen LogP contribution in [0.4, 0.5) is 14.5 Å². The van der Waals surface area contributed by atoms with E-state index in [1.807, 2.05) is 6.92 Å². The molecule has 0 fully saturated rings. The monoisotopic (exact) mass is 692 g/mol. The van der Waals surface area contributed by atoms with Gasteiger partial charge in [0.2, 0.25) is 0 Å². The highest BCUT2D eigenvalue weighted by Gasteiger charge is 2.23. The first-order chi connectivity index (χ1) is 22.6. The lowest BCUT2D eigenvalue weighted by Gasteiger charge is -2.11. The first-order valence-electron chi connectivity index (χ1n) is 13.5. The van der Waals surface area contributed by atoms with E-state index >= 15 is 0 Å². The van der Waals surface area contributed by atoms with Gasteiger partial charge in [0, 0.05) is 5.69 Å². The van der Waals surface area contributed by atoms with Gasteiger partial charge in [0.05, 0.1) is 34.1 Å². The zero-order valence-electron chi connectivity index (χ0n) is 27.0. The number of carbonyl (C=O) groups excluding carboxylic acids is 2. The molecule has 0 aliphatic heterocycles. The Hall–Kier alpha value is -5.78. The van der Waals surface area contributed by atoms with Gasteiger partial charge in [-0.25, -0.2) is 28.0 Å². The van der Waals surface area contributed by atoms with E-state index in [9.17, 15) is 26.8 Å². The summed E-state index contributed by atoms with van der Waals surface area (Å²) in [5.41, 5.74) is 11.3. The molecule has 3 aromatic carbocycles. The maximum atomic E-state index is 14.2. The van der Waals surface area contributed by atoms with Crippen molar-refractivity contribution >= 4 is 33.6 Å². The van der Waals surface area contributed by atoms with E-state index in [1.54, 1.807) is 19.1 Å². The van der Waals surface area contributed by atoms with Crippen LogP contribution in [0.5, 0.6) is 11.5 Å². The zero-order valence-corrected chi connectivity index (χ0v) is 27.8. The molecule has 1 heterocycles. The molecule has 4 aromatic rings. The van der Waals surface area contributed by atoms with Gasteiger partial charge in [0.1, 0.15) is 34.0 Å². The van der Waals surface area contributed by atoms with Crippen LogP contribution in [0, 0.1) is 25.5 Å². The Labute approximate surface area is 275 Å². The number of amidine groups is 1. The van der Waals surface area contributed by atoms with Crippen molar-refractivity contribution in [3.05, 3.63) is 89.0 Å². The molecule has 4 rings (SSSR count). The normalized spacial score (nSPS) is 10.8. The smallest absolute Gasteiger partial charge is 0.358 e. The quantitative estimate of drug-likeness (QED) is 0.0888. The predicted octanol–water partition coefficient (Wildman–Crippen LogP) is 3.71. The number of carbonyl (C=O) groups is 2. The number of ether oxygens (including phenoxy) is 4. The number of aryl methyl sites for hydroxylation is 2. The molecular weight excluding hydrogens is 658 g/mol. The van der Waals surface area contributed by atoms with E-state index in [1.165, 1.54) is 75.7 Å². The molecule has 0 amide bonds. The van der Waals surface area contributed by atoms with Gasteiger partial charge in [-0.05, 0) is 57.2 Å². The van der Waals surface area contributed by atoms with Gasteiger partial charge in [-0.15, -0.1) is 0 Å². The predicted molar refractivity (Wildman–Crippen MR) is 169 cm³/mol. The van der Waals surface area contributed by atoms with Crippen LogP contribution in [-0.2, 0) is 23.9 Å². The molecule has 0 aliphatic carbocycles. The van der Waals surface area contributed by atoms with Crippen molar-refractivity contribution in [3.8, 4) is 17.2 Å².